The summed E-state index contributed by atoms with van der Waals surface area (Å²) >= 11 is 0. The van der Waals surface area contributed by atoms with Crippen molar-refractivity contribution in [1.82, 2.24) is 0 Å². The second-order valence-electron chi connectivity index (χ2n) is 7.85. The van der Waals surface area contributed by atoms with Gasteiger partial charge in [0.15, 0.2) is 0 Å². The Morgan fingerprint density at radius 3 is 0.800 bits per heavy atom. The molecule has 0 bridgehead atoms. The average molecular weight is 654 g/mol. The van der Waals surface area contributed by atoms with Gasteiger partial charge >= 0.3 is 17.4 Å². The van der Waals surface area contributed by atoms with Gasteiger partial charge in [0.25, 0.3) is 0 Å². The van der Waals surface area contributed by atoms with Crippen molar-refractivity contribution in [2.75, 3.05) is 0 Å². The summed E-state index contributed by atoms with van der Waals surface area (Å²) in [4.78, 5) is 30.8. The molecule has 13 heteroatoms. The maximum Gasteiger partial charge on any atom is 3.00 e. The number of nitrogens with two attached hydrogens (primary N) is 3. The van der Waals surface area contributed by atoms with Crippen molar-refractivity contribution in [3.63, 3.8) is 0 Å². The minimum Gasteiger partial charge on any atom is -0.548 e. The van der Waals surface area contributed by atoms with Crippen LogP contribution in [0.3, 0.4) is 0 Å². The molecule has 1 radical (unpaired) electrons. The Hall–Kier alpha value is -2.65. The SMILES string of the molecule is Cl.Cl.Cl.N[C@H](Cc1ccccc1)C(=O)[O-].N[C@H](Cc1ccccc1)C(=O)[O-].N[C@H](Cc1ccccc1)C(=O)[O-].[Cr+3]. The number of aliphatic carboxylic acids is 3. The number of benzene rings is 3. The number of hydrogen-bond donors (Lipinski definition) is 3. The Kier molecular flexibility index (Phi) is 28.1. The van der Waals surface area contributed by atoms with E-state index in [0.717, 1.165) is 16.7 Å². The molecule has 3 atom stereocenters. The van der Waals surface area contributed by atoms with Crippen LogP contribution in [0.15, 0.2) is 91.0 Å². The number of rotatable bonds is 9. The van der Waals surface area contributed by atoms with Crippen LogP contribution in [-0.2, 0) is 51.0 Å². The van der Waals surface area contributed by atoms with E-state index in [9.17, 15) is 29.7 Å². The summed E-state index contributed by atoms with van der Waals surface area (Å²) in [6.07, 6.45) is 0.968. The zero-order chi connectivity index (χ0) is 26.9. The third-order valence-electron chi connectivity index (χ3n) is 4.80. The molecule has 0 aliphatic rings. The van der Waals surface area contributed by atoms with Crippen molar-refractivity contribution in [1.29, 1.82) is 0 Å². The second kappa shape index (κ2) is 25.3. The van der Waals surface area contributed by atoms with Gasteiger partial charge in [-0.15, -0.1) is 37.2 Å². The van der Waals surface area contributed by atoms with Crippen molar-refractivity contribution >= 4 is 55.1 Å². The Labute approximate surface area is 263 Å². The van der Waals surface area contributed by atoms with Crippen LogP contribution in [0.2, 0.25) is 0 Å². The third kappa shape index (κ3) is 20.3. The molecule has 0 fully saturated rings. The van der Waals surface area contributed by atoms with Crippen LogP contribution in [0.1, 0.15) is 16.7 Å². The second-order valence-corrected chi connectivity index (χ2v) is 7.85. The molecule has 40 heavy (non-hydrogen) atoms. The minimum atomic E-state index is -1.21. The number of hydrogen-bond acceptors (Lipinski definition) is 9. The quantitative estimate of drug-likeness (QED) is 0.264. The fourth-order valence-electron chi connectivity index (χ4n) is 2.85. The number of carbonyl (C=O) groups excluding carboxylic acids is 3. The molecule has 0 saturated heterocycles. The molecule has 0 saturated carbocycles. The first-order valence-electron chi connectivity index (χ1n) is 11.1. The van der Waals surface area contributed by atoms with Gasteiger partial charge in [-0.1, -0.05) is 91.0 Å². The van der Waals surface area contributed by atoms with Crippen molar-refractivity contribution in [2.24, 2.45) is 17.2 Å². The minimum absolute atomic E-state index is 0. The van der Waals surface area contributed by atoms with Gasteiger partial charge in [0.1, 0.15) is 0 Å². The number of halogens is 3. The molecule has 3 aromatic rings. The van der Waals surface area contributed by atoms with Gasteiger partial charge in [0.2, 0.25) is 0 Å². The van der Waals surface area contributed by atoms with Gasteiger partial charge in [-0.25, -0.2) is 0 Å². The zero-order valence-electron chi connectivity index (χ0n) is 21.3. The maximum absolute atomic E-state index is 10.3. The van der Waals surface area contributed by atoms with Gasteiger partial charge in [-0.3, -0.25) is 0 Å². The number of carbonyl (C=O) groups is 3. The van der Waals surface area contributed by atoms with Crippen LogP contribution in [0.5, 0.6) is 0 Å². The van der Waals surface area contributed by atoms with E-state index in [4.69, 9.17) is 17.2 Å². The molecule has 0 unspecified atom stereocenters. The van der Waals surface area contributed by atoms with E-state index in [-0.39, 0.29) is 54.6 Å². The van der Waals surface area contributed by atoms with Crippen LogP contribution >= 0.6 is 37.2 Å². The molecular formula is C27H33Cl3CrN3O6. The van der Waals surface area contributed by atoms with Crippen LogP contribution in [-0.4, -0.2) is 36.0 Å². The molecular weight excluding hydrogens is 621 g/mol. The monoisotopic (exact) mass is 652 g/mol. The molecule has 0 heterocycles. The summed E-state index contributed by atoms with van der Waals surface area (Å²) in [5.41, 5.74) is 18.6. The summed E-state index contributed by atoms with van der Waals surface area (Å²) in [7, 11) is 0. The van der Waals surface area contributed by atoms with Crippen LogP contribution in [0.25, 0.3) is 0 Å². The topological polar surface area (TPSA) is 198 Å². The van der Waals surface area contributed by atoms with Crippen molar-refractivity contribution in [3.8, 4) is 0 Å². The zero-order valence-corrected chi connectivity index (χ0v) is 25.1. The average Bonchev–Trinajstić information content (AvgIpc) is 2.86. The van der Waals surface area contributed by atoms with E-state index in [1.165, 1.54) is 0 Å². The molecule has 3 rings (SSSR count). The Balaban J connectivity index is -0.000000231. The predicted molar refractivity (Wildman–Crippen MR) is 151 cm³/mol. The first-order chi connectivity index (χ1) is 17.1. The molecule has 0 aliphatic carbocycles. The Morgan fingerprint density at radius 1 is 0.475 bits per heavy atom. The molecule has 6 N–H and O–H groups in total. The Bertz CT molecular complexity index is 934. The summed E-state index contributed by atoms with van der Waals surface area (Å²) < 4.78 is 0. The van der Waals surface area contributed by atoms with Gasteiger partial charge < -0.3 is 46.9 Å². The third-order valence-corrected chi connectivity index (χ3v) is 4.80. The summed E-state index contributed by atoms with van der Waals surface area (Å²) in [6.45, 7) is 0. The Morgan fingerprint density at radius 2 is 0.650 bits per heavy atom. The molecule has 0 amide bonds. The van der Waals surface area contributed by atoms with Crippen LogP contribution in [0, 0.1) is 0 Å². The summed E-state index contributed by atoms with van der Waals surface area (Å²) in [5.74, 6) is -3.63. The fourth-order valence-corrected chi connectivity index (χ4v) is 2.85. The first-order valence-corrected chi connectivity index (χ1v) is 11.1. The van der Waals surface area contributed by atoms with Crippen molar-refractivity contribution < 1.29 is 47.1 Å². The van der Waals surface area contributed by atoms with Gasteiger partial charge in [-0.05, 0) is 36.0 Å². The predicted octanol–water partition coefficient (Wildman–Crippen LogP) is -0.818. The van der Waals surface area contributed by atoms with E-state index < -0.39 is 36.0 Å². The van der Waals surface area contributed by atoms with Gasteiger partial charge in [0.05, 0.1) is 17.9 Å². The molecule has 9 nitrogen and oxygen atoms in total. The largest absolute Gasteiger partial charge is 3.00 e. The number of carboxylic acids is 3. The van der Waals surface area contributed by atoms with E-state index in [1.54, 1.807) is 0 Å². The van der Waals surface area contributed by atoms with E-state index in [0.29, 0.717) is 19.3 Å². The van der Waals surface area contributed by atoms with Crippen molar-refractivity contribution in [3.05, 3.63) is 108 Å². The smallest absolute Gasteiger partial charge is 0.548 e. The van der Waals surface area contributed by atoms with Gasteiger partial charge in [0, 0.05) is 18.1 Å². The van der Waals surface area contributed by atoms with E-state index in [1.807, 2.05) is 91.0 Å². The standard InChI is InChI=1S/3C9H11NO2.3ClH.Cr/c3*10-8(9(11)12)6-7-4-2-1-3-5-7;;;;/h3*1-5,8H,6,10H2,(H,11,12);3*1H;/q;;;;;;+3/p-3/t3*8-;;;;/m111..../s1. The van der Waals surface area contributed by atoms with Crippen LogP contribution < -0.4 is 32.5 Å². The summed E-state index contributed by atoms with van der Waals surface area (Å²) in [6, 6.07) is 25.0. The van der Waals surface area contributed by atoms with E-state index in [2.05, 4.69) is 0 Å². The molecule has 0 aliphatic heterocycles. The number of carboxylic acid groups (broad SMARTS) is 3. The normalized spacial score (nSPS) is 11.2. The molecule has 3 aromatic carbocycles. The summed E-state index contributed by atoms with van der Waals surface area (Å²) in [5, 5.41) is 30.8. The molecule has 0 aromatic heterocycles. The van der Waals surface area contributed by atoms with Crippen molar-refractivity contribution in [2.45, 2.75) is 37.4 Å². The maximum atomic E-state index is 10.3. The van der Waals surface area contributed by atoms with E-state index >= 15 is 0 Å². The van der Waals surface area contributed by atoms with Crippen LogP contribution in [0.4, 0.5) is 0 Å². The molecule has 219 valence electrons. The van der Waals surface area contributed by atoms with Gasteiger partial charge in [-0.2, -0.15) is 0 Å². The first kappa shape index (κ1) is 44.4. The fraction of sp³-hybridized carbons (Fsp3) is 0.222. The molecule has 0 spiro atoms.